The van der Waals surface area contributed by atoms with Gasteiger partial charge in [-0.15, -0.1) is 0 Å². The van der Waals surface area contributed by atoms with Crippen LogP contribution in [0.1, 0.15) is 37.9 Å². The Bertz CT molecular complexity index is 1050. The quantitative estimate of drug-likeness (QED) is 0.293. The molecule has 0 saturated carbocycles. The highest BCUT2D eigenvalue weighted by Crippen LogP contribution is 2.41. The summed E-state index contributed by atoms with van der Waals surface area (Å²) in [6, 6.07) is 10.8. The molecule has 1 saturated heterocycles. The number of likely N-dealkylation sites (N-methyl/N-ethyl adjacent to an activating group) is 1. The molecule has 33 heavy (non-hydrogen) atoms. The summed E-state index contributed by atoms with van der Waals surface area (Å²) in [6.07, 6.45) is 0. The van der Waals surface area contributed by atoms with Crippen LogP contribution in [0, 0.1) is 0 Å². The number of Topliss-reactive ketones (excluding diaryl/α,β-unsaturated/α-hetero) is 1. The first kappa shape index (κ1) is 24.8. The third-order valence-corrected chi connectivity index (χ3v) is 6.34. The number of likely N-dealkylation sites (tertiary alicyclic amines) is 1. The number of hydrogen-bond donors (Lipinski definition) is 2. The lowest BCUT2D eigenvalue weighted by atomic mass is 9.95. The maximum atomic E-state index is 13.1. The fourth-order valence-corrected chi connectivity index (χ4v) is 4.25. The number of phenols is 1. The zero-order valence-electron chi connectivity index (χ0n) is 19.0. The highest BCUT2D eigenvalue weighted by Gasteiger charge is 2.46. The molecular weight excluding hydrogens is 488 g/mol. The summed E-state index contributed by atoms with van der Waals surface area (Å²) in [4.78, 5) is 29.9. The zero-order chi connectivity index (χ0) is 24.1. The van der Waals surface area contributed by atoms with Gasteiger partial charge >= 0.3 is 0 Å². The summed E-state index contributed by atoms with van der Waals surface area (Å²) in [7, 11) is 0. The largest absolute Gasteiger partial charge is 0.507 e. The number of aliphatic hydroxyl groups excluding tert-OH is 1. The molecular formula is C25H29BrN2O5. The van der Waals surface area contributed by atoms with Crippen molar-refractivity contribution < 1.29 is 24.5 Å². The first-order chi connectivity index (χ1) is 15.8. The topological polar surface area (TPSA) is 90.3 Å². The molecule has 0 bridgehead atoms. The van der Waals surface area contributed by atoms with Crippen molar-refractivity contribution in [3.05, 3.63) is 63.6 Å². The number of rotatable bonds is 9. The van der Waals surface area contributed by atoms with Crippen molar-refractivity contribution in [1.29, 1.82) is 0 Å². The van der Waals surface area contributed by atoms with E-state index < -0.39 is 17.7 Å². The van der Waals surface area contributed by atoms with E-state index in [1.165, 1.54) is 11.0 Å². The van der Waals surface area contributed by atoms with Crippen LogP contribution in [-0.4, -0.2) is 64.5 Å². The van der Waals surface area contributed by atoms with Crippen LogP contribution in [0.25, 0.3) is 5.76 Å². The summed E-state index contributed by atoms with van der Waals surface area (Å²) in [5.41, 5.74) is 1.04. The van der Waals surface area contributed by atoms with Crippen molar-refractivity contribution in [3.63, 3.8) is 0 Å². The number of aromatic hydroxyl groups is 1. The predicted molar refractivity (Wildman–Crippen MR) is 130 cm³/mol. The van der Waals surface area contributed by atoms with Crippen LogP contribution in [0.15, 0.2) is 52.5 Å². The molecule has 1 atom stereocenters. The van der Waals surface area contributed by atoms with E-state index in [0.717, 1.165) is 17.6 Å². The van der Waals surface area contributed by atoms with Gasteiger partial charge in [0, 0.05) is 23.1 Å². The van der Waals surface area contributed by atoms with Gasteiger partial charge in [0.25, 0.3) is 11.7 Å². The molecule has 0 radical (unpaired) electrons. The molecule has 1 amide bonds. The summed E-state index contributed by atoms with van der Waals surface area (Å²) >= 11 is 3.37. The maximum absolute atomic E-state index is 13.1. The van der Waals surface area contributed by atoms with E-state index in [4.69, 9.17) is 4.74 Å². The standard InChI is InChI=1S/C25H29BrN2O5/c1-4-27(5-2)13-14-28-22(17-9-12-19(29)20(15-17)33-6-3)21(24(31)25(28)32)23(30)16-7-10-18(26)11-8-16/h7-12,15,22,29-30H,4-6,13-14H2,1-3H3/b23-21-. The van der Waals surface area contributed by atoms with E-state index in [1.807, 2.05) is 13.8 Å². The number of carbonyl (C=O) groups excluding carboxylic acids is 2. The Kier molecular flexibility index (Phi) is 8.15. The number of nitrogens with zero attached hydrogens (tertiary/aromatic N) is 2. The van der Waals surface area contributed by atoms with Crippen LogP contribution >= 0.6 is 15.9 Å². The molecule has 7 nitrogen and oxygen atoms in total. The number of halogens is 1. The van der Waals surface area contributed by atoms with Crippen LogP contribution in [0.4, 0.5) is 0 Å². The first-order valence-corrected chi connectivity index (χ1v) is 11.8. The number of phenolic OH excluding ortho intramolecular Hbond substituents is 1. The van der Waals surface area contributed by atoms with Gasteiger partial charge in [-0.2, -0.15) is 0 Å². The smallest absolute Gasteiger partial charge is 0.295 e. The highest BCUT2D eigenvalue weighted by molar-refractivity contribution is 9.10. The number of ketones is 1. The van der Waals surface area contributed by atoms with Gasteiger partial charge in [0.1, 0.15) is 5.76 Å². The Morgan fingerprint density at radius 1 is 1.09 bits per heavy atom. The lowest BCUT2D eigenvalue weighted by Gasteiger charge is -2.28. The Labute approximate surface area is 202 Å². The summed E-state index contributed by atoms with van der Waals surface area (Å²) < 4.78 is 6.35. The van der Waals surface area contributed by atoms with E-state index in [-0.39, 0.29) is 22.8 Å². The van der Waals surface area contributed by atoms with E-state index in [2.05, 4.69) is 20.8 Å². The second-order valence-electron chi connectivity index (χ2n) is 7.69. The van der Waals surface area contributed by atoms with E-state index in [1.54, 1.807) is 43.3 Å². The van der Waals surface area contributed by atoms with Crippen molar-refractivity contribution in [3.8, 4) is 11.5 Å². The van der Waals surface area contributed by atoms with Gasteiger partial charge in [-0.25, -0.2) is 0 Å². The molecule has 0 spiro atoms. The second-order valence-corrected chi connectivity index (χ2v) is 8.60. The molecule has 1 unspecified atom stereocenters. The van der Waals surface area contributed by atoms with Crippen LogP contribution in [0.2, 0.25) is 0 Å². The molecule has 3 rings (SSSR count). The zero-order valence-corrected chi connectivity index (χ0v) is 20.6. The number of hydrogen-bond acceptors (Lipinski definition) is 6. The number of ether oxygens (including phenoxy) is 1. The van der Waals surface area contributed by atoms with Gasteiger partial charge in [0.2, 0.25) is 0 Å². The average molecular weight is 517 g/mol. The molecule has 1 heterocycles. The third kappa shape index (κ3) is 5.23. The minimum Gasteiger partial charge on any atom is -0.507 e. The normalized spacial score (nSPS) is 17.7. The second kappa shape index (κ2) is 10.9. The Balaban J connectivity index is 2.13. The van der Waals surface area contributed by atoms with Crippen molar-refractivity contribution in [1.82, 2.24) is 9.80 Å². The van der Waals surface area contributed by atoms with Gasteiger partial charge in [0.15, 0.2) is 11.5 Å². The van der Waals surface area contributed by atoms with E-state index >= 15 is 0 Å². The van der Waals surface area contributed by atoms with Crippen LogP contribution in [-0.2, 0) is 9.59 Å². The van der Waals surface area contributed by atoms with Gasteiger partial charge < -0.3 is 24.7 Å². The van der Waals surface area contributed by atoms with Gasteiger partial charge in [-0.1, -0.05) is 48.0 Å². The summed E-state index contributed by atoms with van der Waals surface area (Å²) in [5, 5.41) is 21.3. The third-order valence-electron chi connectivity index (χ3n) is 5.81. The van der Waals surface area contributed by atoms with Crippen LogP contribution < -0.4 is 4.74 Å². The van der Waals surface area contributed by atoms with Crippen molar-refractivity contribution in [2.75, 3.05) is 32.8 Å². The molecule has 2 aromatic rings. The Morgan fingerprint density at radius 3 is 2.36 bits per heavy atom. The predicted octanol–water partition coefficient (Wildman–Crippen LogP) is 4.32. The Hall–Kier alpha value is -2.84. The summed E-state index contributed by atoms with van der Waals surface area (Å²) in [5.74, 6) is -1.40. The lowest BCUT2D eigenvalue weighted by molar-refractivity contribution is -0.140. The SMILES string of the molecule is CCOc1cc(C2/C(=C(/O)c3ccc(Br)cc3)C(=O)C(=O)N2CCN(CC)CC)ccc1O. The molecule has 176 valence electrons. The first-order valence-electron chi connectivity index (χ1n) is 11.0. The van der Waals surface area contributed by atoms with Crippen molar-refractivity contribution >= 4 is 33.4 Å². The van der Waals surface area contributed by atoms with Crippen LogP contribution in [0.5, 0.6) is 11.5 Å². The van der Waals surface area contributed by atoms with Gasteiger partial charge in [0.05, 0.1) is 18.2 Å². The summed E-state index contributed by atoms with van der Waals surface area (Å²) in [6.45, 7) is 8.77. The molecule has 8 heteroatoms. The maximum Gasteiger partial charge on any atom is 0.295 e. The van der Waals surface area contributed by atoms with Crippen molar-refractivity contribution in [2.24, 2.45) is 0 Å². The minimum atomic E-state index is -0.802. The van der Waals surface area contributed by atoms with Gasteiger partial charge in [-0.05, 0) is 49.8 Å². The number of carbonyl (C=O) groups is 2. The molecule has 1 fully saturated rings. The van der Waals surface area contributed by atoms with Crippen molar-refractivity contribution in [2.45, 2.75) is 26.8 Å². The lowest BCUT2D eigenvalue weighted by Crippen LogP contribution is -2.38. The fourth-order valence-electron chi connectivity index (χ4n) is 3.98. The minimum absolute atomic E-state index is 0.0232. The highest BCUT2D eigenvalue weighted by atomic mass is 79.9. The average Bonchev–Trinajstić information content (AvgIpc) is 3.06. The molecule has 2 aromatic carbocycles. The molecule has 1 aliphatic rings. The van der Waals surface area contributed by atoms with Gasteiger partial charge in [-0.3, -0.25) is 9.59 Å². The number of benzene rings is 2. The fraction of sp³-hybridized carbons (Fsp3) is 0.360. The number of amides is 1. The van der Waals surface area contributed by atoms with Crippen LogP contribution in [0.3, 0.4) is 0 Å². The Morgan fingerprint density at radius 2 is 1.76 bits per heavy atom. The number of aliphatic hydroxyl groups is 1. The van der Waals surface area contributed by atoms with E-state index in [9.17, 15) is 19.8 Å². The molecule has 1 aliphatic heterocycles. The molecule has 0 aliphatic carbocycles. The monoisotopic (exact) mass is 516 g/mol. The van der Waals surface area contributed by atoms with E-state index in [0.29, 0.717) is 30.8 Å². The molecule has 0 aromatic heterocycles. The molecule has 2 N–H and O–H groups in total.